The smallest absolute Gasteiger partial charge is 0.257 e. The lowest BCUT2D eigenvalue weighted by atomic mass is 10.1. The van der Waals surface area contributed by atoms with Crippen molar-refractivity contribution in [2.75, 3.05) is 5.32 Å². The largest absolute Gasteiger partial charge is 0.323 e. The minimum absolute atomic E-state index is 0.188. The summed E-state index contributed by atoms with van der Waals surface area (Å²) in [6, 6.07) is 7.78. The number of nitrogens with zero attached hydrogens (tertiary/aromatic N) is 1. The Morgan fingerprint density at radius 1 is 1.26 bits per heavy atom. The quantitative estimate of drug-likeness (QED) is 0.810. The molecule has 0 fully saturated rings. The van der Waals surface area contributed by atoms with Crippen LogP contribution in [0.4, 0.5) is 5.00 Å². The van der Waals surface area contributed by atoms with Gasteiger partial charge in [-0.05, 0) is 57.1 Å². The maximum absolute atomic E-state index is 12.3. The number of rotatable bonds is 2. The predicted octanol–water partition coefficient (Wildman–Crippen LogP) is 3.98. The molecule has 4 nitrogen and oxygen atoms in total. The van der Waals surface area contributed by atoms with Crippen molar-refractivity contribution in [2.24, 2.45) is 0 Å². The van der Waals surface area contributed by atoms with Crippen LogP contribution in [0.5, 0.6) is 0 Å². The molecule has 0 atom stereocenters. The molecule has 0 saturated heterocycles. The van der Waals surface area contributed by atoms with Gasteiger partial charge in [-0.2, -0.15) is 5.26 Å². The van der Waals surface area contributed by atoms with E-state index >= 15 is 0 Å². The topological polar surface area (TPSA) is 64.9 Å². The highest BCUT2D eigenvalue weighted by molar-refractivity contribution is 7.80. The van der Waals surface area contributed by atoms with Crippen molar-refractivity contribution < 1.29 is 4.79 Å². The molecule has 2 rings (SSSR count). The van der Waals surface area contributed by atoms with E-state index in [4.69, 9.17) is 12.2 Å². The maximum Gasteiger partial charge on any atom is 0.257 e. The predicted molar refractivity (Wildman–Crippen MR) is 98.1 cm³/mol. The highest BCUT2D eigenvalue weighted by Crippen LogP contribution is 2.31. The van der Waals surface area contributed by atoms with Crippen LogP contribution in [-0.2, 0) is 0 Å². The summed E-state index contributed by atoms with van der Waals surface area (Å²) < 4.78 is 0. The van der Waals surface area contributed by atoms with Crippen molar-refractivity contribution in [3.63, 3.8) is 0 Å². The molecule has 118 valence electrons. The fourth-order valence-corrected chi connectivity index (χ4v) is 3.50. The number of hydrogen-bond donors (Lipinski definition) is 2. The highest BCUT2D eigenvalue weighted by atomic mass is 32.1. The number of hydrogen-bond acceptors (Lipinski definition) is 4. The molecule has 0 aliphatic carbocycles. The summed E-state index contributed by atoms with van der Waals surface area (Å²) in [5.41, 5.74) is 4.08. The molecule has 0 saturated carbocycles. The fourth-order valence-electron chi connectivity index (χ4n) is 2.22. The Labute approximate surface area is 145 Å². The zero-order chi connectivity index (χ0) is 17.1. The van der Waals surface area contributed by atoms with E-state index < -0.39 is 0 Å². The van der Waals surface area contributed by atoms with E-state index in [9.17, 15) is 10.1 Å². The Morgan fingerprint density at radius 2 is 1.96 bits per heavy atom. The number of nitrogens with one attached hydrogen (secondary N) is 2. The van der Waals surface area contributed by atoms with Crippen LogP contribution in [-0.4, -0.2) is 11.0 Å². The van der Waals surface area contributed by atoms with Gasteiger partial charge in [0.15, 0.2) is 5.11 Å². The van der Waals surface area contributed by atoms with Crippen LogP contribution >= 0.6 is 23.6 Å². The number of anilines is 1. The van der Waals surface area contributed by atoms with Crippen LogP contribution in [0, 0.1) is 39.0 Å². The molecule has 1 aromatic heterocycles. The van der Waals surface area contributed by atoms with E-state index in [0.717, 1.165) is 21.6 Å². The van der Waals surface area contributed by atoms with Gasteiger partial charge >= 0.3 is 0 Å². The second-order valence-corrected chi connectivity index (χ2v) is 6.96. The third kappa shape index (κ3) is 3.76. The molecule has 0 unspecified atom stereocenters. The molecule has 0 aliphatic heterocycles. The Morgan fingerprint density at radius 3 is 2.57 bits per heavy atom. The van der Waals surface area contributed by atoms with Crippen molar-refractivity contribution in [3.8, 4) is 6.07 Å². The molecule has 1 amide bonds. The van der Waals surface area contributed by atoms with Gasteiger partial charge < -0.3 is 5.32 Å². The minimum Gasteiger partial charge on any atom is -0.323 e. The van der Waals surface area contributed by atoms with Gasteiger partial charge in [-0.15, -0.1) is 11.3 Å². The number of thiophene rings is 1. The Bertz CT molecular complexity index is 831. The molecule has 23 heavy (non-hydrogen) atoms. The van der Waals surface area contributed by atoms with E-state index in [1.54, 1.807) is 6.07 Å². The first-order valence-corrected chi connectivity index (χ1v) is 8.25. The summed E-state index contributed by atoms with van der Waals surface area (Å²) in [4.78, 5) is 13.4. The van der Waals surface area contributed by atoms with E-state index in [-0.39, 0.29) is 11.0 Å². The Kier molecular flexibility index (Phi) is 5.14. The standard InChI is InChI=1S/C17H17N3OS2/c1-9-5-6-13(10(2)7-9)15(21)19-17(22)20-16-14(8-18)11(3)12(4)23-16/h5-7H,1-4H3,(H2,19,20,21,22). The van der Waals surface area contributed by atoms with Crippen LogP contribution in [0.2, 0.25) is 0 Å². The lowest BCUT2D eigenvalue weighted by Crippen LogP contribution is -2.34. The van der Waals surface area contributed by atoms with Gasteiger partial charge in [0, 0.05) is 10.4 Å². The minimum atomic E-state index is -0.261. The van der Waals surface area contributed by atoms with Crippen LogP contribution in [0.3, 0.4) is 0 Å². The Balaban J connectivity index is 2.12. The van der Waals surface area contributed by atoms with Crippen molar-refractivity contribution in [1.82, 2.24) is 5.32 Å². The lowest BCUT2D eigenvalue weighted by molar-refractivity contribution is 0.0977. The van der Waals surface area contributed by atoms with E-state index in [2.05, 4.69) is 16.7 Å². The molecule has 2 N–H and O–H groups in total. The third-order valence-corrected chi connectivity index (χ3v) is 4.90. The molecule has 6 heteroatoms. The van der Waals surface area contributed by atoms with Crippen molar-refractivity contribution in [2.45, 2.75) is 27.7 Å². The summed E-state index contributed by atoms with van der Waals surface area (Å²) in [5, 5.41) is 15.7. The van der Waals surface area contributed by atoms with Crippen molar-refractivity contribution >= 4 is 39.6 Å². The second-order valence-electron chi connectivity index (χ2n) is 5.33. The number of amides is 1. The molecule has 2 aromatic rings. The average molecular weight is 343 g/mol. The summed E-state index contributed by atoms with van der Waals surface area (Å²) in [6.07, 6.45) is 0. The third-order valence-electron chi connectivity index (χ3n) is 3.58. The SMILES string of the molecule is Cc1ccc(C(=O)NC(=S)Nc2sc(C)c(C)c2C#N)c(C)c1. The summed E-state index contributed by atoms with van der Waals surface area (Å²) >= 11 is 6.65. The van der Waals surface area contributed by atoms with Gasteiger partial charge in [-0.3, -0.25) is 10.1 Å². The number of carbonyl (C=O) groups excluding carboxylic acids is 1. The Hall–Kier alpha value is -2.23. The van der Waals surface area contributed by atoms with Crippen LogP contribution in [0.1, 0.15) is 37.5 Å². The van der Waals surface area contributed by atoms with E-state index in [1.165, 1.54) is 11.3 Å². The van der Waals surface area contributed by atoms with Crippen molar-refractivity contribution in [3.05, 3.63) is 50.9 Å². The number of nitriles is 1. The fraction of sp³-hybridized carbons (Fsp3) is 0.235. The summed E-state index contributed by atoms with van der Waals surface area (Å²) in [6.45, 7) is 7.71. The number of carbonyl (C=O) groups is 1. The van der Waals surface area contributed by atoms with Crippen molar-refractivity contribution in [1.29, 1.82) is 5.26 Å². The zero-order valence-corrected chi connectivity index (χ0v) is 15.0. The molecule has 1 heterocycles. The summed E-state index contributed by atoms with van der Waals surface area (Å²) in [7, 11) is 0. The van der Waals surface area contributed by atoms with Gasteiger partial charge in [0.1, 0.15) is 11.1 Å². The van der Waals surface area contributed by atoms with Gasteiger partial charge in [0.2, 0.25) is 0 Å². The highest BCUT2D eigenvalue weighted by Gasteiger charge is 2.15. The van der Waals surface area contributed by atoms with E-state index in [0.29, 0.717) is 16.1 Å². The first kappa shape index (κ1) is 17.1. The number of benzene rings is 1. The zero-order valence-electron chi connectivity index (χ0n) is 13.4. The first-order chi connectivity index (χ1) is 10.8. The molecule has 0 bridgehead atoms. The maximum atomic E-state index is 12.3. The molecular weight excluding hydrogens is 326 g/mol. The van der Waals surface area contributed by atoms with Gasteiger partial charge in [-0.25, -0.2) is 0 Å². The van der Waals surface area contributed by atoms with Crippen LogP contribution in [0.15, 0.2) is 18.2 Å². The molecule has 0 radical (unpaired) electrons. The molecular formula is C17H17N3OS2. The number of aryl methyl sites for hydroxylation is 3. The van der Waals surface area contributed by atoms with Crippen LogP contribution in [0.25, 0.3) is 0 Å². The van der Waals surface area contributed by atoms with Crippen LogP contribution < -0.4 is 10.6 Å². The van der Waals surface area contributed by atoms with Gasteiger partial charge in [-0.1, -0.05) is 17.7 Å². The van der Waals surface area contributed by atoms with E-state index in [1.807, 2.05) is 39.8 Å². The van der Waals surface area contributed by atoms with Gasteiger partial charge in [0.05, 0.1) is 5.56 Å². The first-order valence-electron chi connectivity index (χ1n) is 7.03. The second kappa shape index (κ2) is 6.90. The normalized spacial score (nSPS) is 10.0. The molecule has 0 spiro atoms. The summed E-state index contributed by atoms with van der Waals surface area (Å²) in [5.74, 6) is -0.261. The molecule has 0 aliphatic rings. The average Bonchev–Trinajstić information content (AvgIpc) is 2.72. The lowest BCUT2D eigenvalue weighted by Gasteiger charge is -2.10. The number of thiocarbonyl (C=S) groups is 1. The van der Waals surface area contributed by atoms with Gasteiger partial charge in [0.25, 0.3) is 5.91 Å². The molecule has 1 aromatic carbocycles. The monoisotopic (exact) mass is 343 g/mol.